The van der Waals surface area contributed by atoms with Gasteiger partial charge in [0, 0.05) is 24.9 Å². The van der Waals surface area contributed by atoms with E-state index in [0.717, 1.165) is 38.9 Å². The summed E-state index contributed by atoms with van der Waals surface area (Å²) in [5.41, 5.74) is 4.16. The van der Waals surface area contributed by atoms with Crippen LogP contribution < -0.4 is 4.90 Å². The summed E-state index contributed by atoms with van der Waals surface area (Å²) in [5.74, 6) is -1.01. The van der Waals surface area contributed by atoms with Crippen LogP contribution >= 0.6 is 0 Å². The van der Waals surface area contributed by atoms with Gasteiger partial charge < -0.3 is 9.32 Å². The van der Waals surface area contributed by atoms with Gasteiger partial charge in [0.15, 0.2) is 5.58 Å². The minimum absolute atomic E-state index is 0.258. The summed E-state index contributed by atoms with van der Waals surface area (Å²) in [6.07, 6.45) is 0. The molecule has 0 radical (unpaired) electrons. The van der Waals surface area contributed by atoms with E-state index in [1.807, 2.05) is 62.2 Å². The summed E-state index contributed by atoms with van der Waals surface area (Å²) in [7, 11) is 1.94. The predicted molar refractivity (Wildman–Crippen MR) is 102 cm³/mol. The first kappa shape index (κ1) is 14.5. The fourth-order valence-corrected chi connectivity index (χ4v) is 3.27. The average molecular weight is 334 g/mol. The first-order valence-corrected chi connectivity index (χ1v) is 8.30. The standard InChI is InChI=1S/C22H20FNO/c1-14(2)17-6-4-7-18-19-8-5-9-20(22(19)25-21(17)18)24(3)16-12-10-15(23)11-13-16/h4-14H,1-3H3/i14D. The van der Waals surface area contributed by atoms with Gasteiger partial charge in [-0.05, 0) is 41.8 Å². The highest BCUT2D eigenvalue weighted by molar-refractivity contribution is 6.10. The molecule has 4 aromatic rings. The van der Waals surface area contributed by atoms with Gasteiger partial charge in [-0.3, -0.25) is 0 Å². The van der Waals surface area contributed by atoms with E-state index < -0.39 is 5.89 Å². The van der Waals surface area contributed by atoms with E-state index in [0.29, 0.717) is 0 Å². The van der Waals surface area contributed by atoms with Crippen LogP contribution in [0.5, 0.6) is 0 Å². The molecule has 0 fully saturated rings. The largest absolute Gasteiger partial charge is 0.454 e. The monoisotopic (exact) mass is 334 g/mol. The number of furan rings is 1. The Morgan fingerprint density at radius 2 is 1.56 bits per heavy atom. The topological polar surface area (TPSA) is 16.4 Å². The molecule has 3 heteroatoms. The minimum atomic E-state index is -0.754. The van der Waals surface area contributed by atoms with Gasteiger partial charge in [-0.2, -0.15) is 0 Å². The quantitative estimate of drug-likeness (QED) is 0.419. The molecule has 0 saturated carbocycles. The Morgan fingerprint density at radius 3 is 2.24 bits per heavy atom. The number of hydrogen-bond donors (Lipinski definition) is 0. The Labute approximate surface area is 147 Å². The molecule has 0 aliphatic carbocycles. The zero-order chi connectivity index (χ0) is 18.5. The smallest absolute Gasteiger partial charge is 0.159 e. The van der Waals surface area contributed by atoms with Gasteiger partial charge in [-0.15, -0.1) is 0 Å². The molecule has 0 atom stereocenters. The Kier molecular flexibility index (Phi) is 3.44. The fraction of sp³-hybridized carbons (Fsp3) is 0.182. The van der Waals surface area contributed by atoms with Crippen LogP contribution in [-0.2, 0) is 0 Å². The maximum Gasteiger partial charge on any atom is 0.159 e. The molecule has 0 aliphatic heterocycles. The van der Waals surface area contributed by atoms with Crippen LogP contribution in [-0.4, -0.2) is 7.05 Å². The zero-order valence-electron chi connectivity index (χ0n) is 15.5. The van der Waals surface area contributed by atoms with Crippen LogP contribution in [0.25, 0.3) is 21.9 Å². The van der Waals surface area contributed by atoms with Gasteiger partial charge in [-0.1, -0.05) is 44.2 Å². The van der Waals surface area contributed by atoms with E-state index in [2.05, 4.69) is 0 Å². The summed E-state index contributed by atoms with van der Waals surface area (Å²) in [5, 5.41) is 2.02. The van der Waals surface area contributed by atoms with Gasteiger partial charge in [0.2, 0.25) is 0 Å². The lowest BCUT2D eigenvalue weighted by Gasteiger charge is -2.19. The summed E-state index contributed by atoms with van der Waals surface area (Å²) < 4.78 is 27.9. The van der Waals surface area contributed by atoms with Crippen molar-refractivity contribution in [3.05, 3.63) is 72.0 Å². The lowest BCUT2D eigenvalue weighted by molar-refractivity contribution is 0.628. The number of nitrogens with zero attached hydrogens (tertiary/aromatic N) is 1. The molecule has 1 aromatic heterocycles. The van der Waals surface area contributed by atoms with Crippen molar-refractivity contribution in [1.82, 2.24) is 0 Å². The Bertz CT molecular complexity index is 1090. The van der Waals surface area contributed by atoms with Crippen molar-refractivity contribution >= 4 is 33.3 Å². The number of hydrogen-bond acceptors (Lipinski definition) is 2. The van der Waals surface area contributed by atoms with Gasteiger partial charge in [0.1, 0.15) is 11.4 Å². The second kappa shape index (κ2) is 5.92. The Morgan fingerprint density at radius 1 is 0.920 bits per heavy atom. The summed E-state index contributed by atoms with van der Waals surface area (Å²) in [6.45, 7) is 3.72. The number of fused-ring (bicyclic) bond motifs is 3. The van der Waals surface area contributed by atoms with E-state index in [9.17, 15) is 4.39 Å². The lowest BCUT2D eigenvalue weighted by atomic mass is 10.0. The zero-order valence-corrected chi connectivity index (χ0v) is 14.5. The average Bonchev–Trinajstić information content (AvgIpc) is 2.99. The maximum absolute atomic E-state index is 13.2. The fourth-order valence-electron chi connectivity index (χ4n) is 3.27. The normalized spacial score (nSPS) is 12.6. The van der Waals surface area contributed by atoms with E-state index in [4.69, 9.17) is 5.79 Å². The second-order valence-corrected chi connectivity index (χ2v) is 6.47. The predicted octanol–water partition coefficient (Wildman–Crippen LogP) is 6.62. The summed E-state index contributed by atoms with van der Waals surface area (Å²) >= 11 is 0. The third-order valence-corrected chi connectivity index (χ3v) is 4.62. The third-order valence-electron chi connectivity index (χ3n) is 4.62. The SMILES string of the molecule is [2H]C(C)(C)c1cccc2c1oc1c(N(C)c3ccc(F)cc3)cccc12. The van der Waals surface area contributed by atoms with E-state index in [1.165, 1.54) is 12.1 Å². The van der Waals surface area contributed by atoms with Crippen LogP contribution in [0.1, 0.15) is 26.7 Å². The number of benzene rings is 3. The van der Waals surface area contributed by atoms with Crippen molar-refractivity contribution in [2.45, 2.75) is 19.7 Å². The highest BCUT2D eigenvalue weighted by atomic mass is 19.1. The van der Waals surface area contributed by atoms with Crippen molar-refractivity contribution in [1.29, 1.82) is 0 Å². The molecular formula is C22H20FNO. The van der Waals surface area contributed by atoms with Crippen molar-refractivity contribution in [3.63, 3.8) is 0 Å². The highest BCUT2D eigenvalue weighted by Gasteiger charge is 2.17. The van der Waals surface area contributed by atoms with Gasteiger partial charge in [0.05, 0.1) is 5.69 Å². The molecule has 0 aliphatic rings. The Balaban J connectivity index is 1.96. The molecule has 2 nitrogen and oxygen atoms in total. The Hall–Kier alpha value is -2.81. The van der Waals surface area contributed by atoms with Crippen LogP contribution in [0.3, 0.4) is 0 Å². The van der Waals surface area contributed by atoms with Crippen LogP contribution in [0.2, 0.25) is 0 Å². The third kappa shape index (κ3) is 2.56. The summed E-state index contributed by atoms with van der Waals surface area (Å²) in [6, 6.07) is 18.3. The summed E-state index contributed by atoms with van der Waals surface area (Å²) in [4.78, 5) is 1.98. The molecule has 0 amide bonds. The van der Waals surface area contributed by atoms with E-state index >= 15 is 0 Å². The molecular weight excluding hydrogens is 313 g/mol. The number of para-hydroxylation sites is 2. The molecule has 25 heavy (non-hydrogen) atoms. The molecule has 4 rings (SSSR count). The lowest BCUT2D eigenvalue weighted by Crippen LogP contribution is -2.09. The van der Waals surface area contributed by atoms with Crippen molar-refractivity contribution in [3.8, 4) is 0 Å². The molecule has 0 bridgehead atoms. The van der Waals surface area contributed by atoms with Gasteiger partial charge in [-0.25, -0.2) is 4.39 Å². The van der Waals surface area contributed by atoms with E-state index in [-0.39, 0.29) is 5.82 Å². The van der Waals surface area contributed by atoms with Crippen molar-refractivity contribution in [2.24, 2.45) is 0 Å². The molecule has 126 valence electrons. The van der Waals surface area contributed by atoms with Crippen molar-refractivity contribution in [2.75, 3.05) is 11.9 Å². The first-order valence-electron chi connectivity index (χ1n) is 8.80. The van der Waals surface area contributed by atoms with E-state index in [1.54, 1.807) is 12.1 Å². The van der Waals surface area contributed by atoms with Gasteiger partial charge >= 0.3 is 0 Å². The second-order valence-electron chi connectivity index (χ2n) is 6.47. The molecule has 3 aromatic carbocycles. The van der Waals surface area contributed by atoms with Crippen LogP contribution in [0, 0.1) is 5.82 Å². The number of halogens is 1. The minimum Gasteiger partial charge on any atom is -0.454 e. The molecule has 1 heterocycles. The molecule has 0 N–H and O–H groups in total. The molecule has 0 saturated heterocycles. The maximum atomic E-state index is 13.2. The van der Waals surface area contributed by atoms with Crippen LogP contribution in [0.4, 0.5) is 15.8 Å². The number of rotatable bonds is 3. The molecule has 0 unspecified atom stereocenters. The van der Waals surface area contributed by atoms with Crippen LogP contribution in [0.15, 0.2) is 65.1 Å². The molecule has 0 spiro atoms. The van der Waals surface area contributed by atoms with Gasteiger partial charge in [0.25, 0.3) is 0 Å². The van der Waals surface area contributed by atoms with Crippen molar-refractivity contribution < 1.29 is 10.2 Å². The first-order chi connectivity index (χ1) is 12.4. The number of anilines is 2. The highest BCUT2D eigenvalue weighted by Crippen LogP contribution is 2.39.